The number of aliphatic hydroxyl groups is 1. The van der Waals surface area contributed by atoms with Crippen LogP contribution in [0.4, 0.5) is 0 Å². The van der Waals surface area contributed by atoms with Gasteiger partial charge in [0.15, 0.2) is 0 Å². The van der Waals surface area contributed by atoms with Gasteiger partial charge in [-0.15, -0.1) is 0 Å². The molecule has 3 heteroatoms. The van der Waals surface area contributed by atoms with Crippen LogP contribution in [0.2, 0.25) is 0 Å². The van der Waals surface area contributed by atoms with Crippen molar-refractivity contribution in [2.45, 2.75) is 12.8 Å². The van der Waals surface area contributed by atoms with E-state index in [9.17, 15) is 0 Å². The molecule has 72 valence electrons. The van der Waals surface area contributed by atoms with Crippen molar-refractivity contribution >= 4 is 0 Å². The van der Waals surface area contributed by atoms with Crippen molar-refractivity contribution < 1.29 is 5.11 Å². The number of rotatable bonds is 5. The SMILES string of the molecule is CNCCC1CCN(CCO)C1. The first-order valence-electron chi connectivity index (χ1n) is 4.84. The second-order valence-electron chi connectivity index (χ2n) is 3.57. The van der Waals surface area contributed by atoms with Crippen molar-refractivity contribution in [2.75, 3.05) is 39.8 Å². The highest BCUT2D eigenvalue weighted by Gasteiger charge is 2.20. The lowest BCUT2D eigenvalue weighted by molar-refractivity contribution is 0.216. The number of aliphatic hydroxyl groups excluding tert-OH is 1. The van der Waals surface area contributed by atoms with Crippen molar-refractivity contribution in [1.82, 2.24) is 10.2 Å². The molecule has 2 N–H and O–H groups in total. The van der Waals surface area contributed by atoms with E-state index in [1.165, 1.54) is 25.9 Å². The third kappa shape index (κ3) is 3.09. The topological polar surface area (TPSA) is 35.5 Å². The highest BCUT2D eigenvalue weighted by atomic mass is 16.3. The summed E-state index contributed by atoms with van der Waals surface area (Å²) >= 11 is 0. The normalized spacial score (nSPS) is 25.0. The Morgan fingerprint density at radius 1 is 1.58 bits per heavy atom. The standard InChI is InChI=1S/C9H20N2O/c1-10-4-2-9-3-5-11(8-9)6-7-12/h9-10,12H,2-8H2,1H3. The Morgan fingerprint density at radius 2 is 2.42 bits per heavy atom. The summed E-state index contributed by atoms with van der Waals surface area (Å²) in [4.78, 5) is 2.35. The fraction of sp³-hybridized carbons (Fsp3) is 1.00. The molecule has 12 heavy (non-hydrogen) atoms. The predicted molar refractivity (Wildman–Crippen MR) is 50.2 cm³/mol. The molecule has 1 fully saturated rings. The first-order valence-corrected chi connectivity index (χ1v) is 4.84. The van der Waals surface area contributed by atoms with Gasteiger partial charge < -0.3 is 15.3 Å². The molecule has 0 spiro atoms. The smallest absolute Gasteiger partial charge is 0.0558 e. The molecular formula is C9H20N2O. The fourth-order valence-electron chi connectivity index (χ4n) is 1.84. The minimum absolute atomic E-state index is 0.304. The van der Waals surface area contributed by atoms with E-state index in [0.717, 1.165) is 19.0 Å². The second-order valence-corrected chi connectivity index (χ2v) is 3.57. The van der Waals surface area contributed by atoms with Crippen LogP contribution in [0.1, 0.15) is 12.8 Å². The molecule has 1 aliphatic heterocycles. The Morgan fingerprint density at radius 3 is 3.08 bits per heavy atom. The minimum Gasteiger partial charge on any atom is -0.395 e. The summed E-state index contributed by atoms with van der Waals surface area (Å²) in [7, 11) is 2.00. The predicted octanol–water partition coefficient (Wildman–Crippen LogP) is -0.0899. The van der Waals surface area contributed by atoms with E-state index in [1.807, 2.05) is 7.05 Å². The van der Waals surface area contributed by atoms with Crippen LogP contribution in [-0.2, 0) is 0 Å². The molecule has 0 bridgehead atoms. The van der Waals surface area contributed by atoms with E-state index in [4.69, 9.17) is 5.11 Å². The molecule has 1 heterocycles. The number of hydrogen-bond acceptors (Lipinski definition) is 3. The van der Waals surface area contributed by atoms with Gasteiger partial charge in [0.2, 0.25) is 0 Å². The van der Waals surface area contributed by atoms with E-state index in [-0.39, 0.29) is 0 Å². The number of likely N-dealkylation sites (tertiary alicyclic amines) is 1. The monoisotopic (exact) mass is 172 g/mol. The third-order valence-corrected chi connectivity index (χ3v) is 2.59. The molecule has 0 amide bonds. The maximum Gasteiger partial charge on any atom is 0.0558 e. The van der Waals surface area contributed by atoms with E-state index in [2.05, 4.69) is 10.2 Å². The molecule has 0 aromatic rings. The van der Waals surface area contributed by atoms with Gasteiger partial charge in [0, 0.05) is 13.1 Å². The summed E-state index contributed by atoms with van der Waals surface area (Å²) in [6.07, 6.45) is 2.58. The van der Waals surface area contributed by atoms with Crippen LogP contribution < -0.4 is 5.32 Å². The summed E-state index contributed by atoms with van der Waals surface area (Å²) in [5.41, 5.74) is 0. The lowest BCUT2D eigenvalue weighted by Crippen LogP contribution is -2.24. The van der Waals surface area contributed by atoms with Crippen molar-refractivity contribution in [2.24, 2.45) is 5.92 Å². The molecule has 1 atom stereocenters. The molecule has 1 rings (SSSR count). The zero-order valence-electron chi connectivity index (χ0n) is 7.92. The van der Waals surface area contributed by atoms with Crippen molar-refractivity contribution in [3.05, 3.63) is 0 Å². The third-order valence-electron chi connectivity index (χ3n) is 2.59. The van der Waals surface area contributed by atoms with Gasteiger partial charge in [-0.3, -0.25) is 0 Å². The van der Waals surface area contributed by atoms with Crippen LogP contribution in [-0.4, -0.2) is 49.8 Å². The Hall–Kier alpha value is -0.120. The molecule has 0 saturated carbocycles. The summed E-state index contributed by atoms with van der Waals surface area (Å²) in [5.74, 6) is 0.851. The van der Waals surface area contributed by atoms with Crippen LogP contribution >= 0.6 is 0 Å². The van der Waals surface area contributed by atoms with Crippen molar-refractivity contribution in [3.63, 3.8) is 0 Å². The van der Waals surface area contributed by atoms with Crippen molar-refractivity contribution in [3.8, 4) is 0 Å². The Kier molecular flexibility index (Phi) is 4.58. The largest absolute Gasteiger partial charge is 0.395 e. The second kappa shape index (κ2) is 5.51. The van der Waals surface area contributed by atoms with E-state index in [0.29, 0.717) is 6.61 Å². The van der Waals surface area contributed by atoms with E-state index in [1.54, 1.807) is 0 Å². The summed E-state index contributed by atoms with van der Waals surface area (Å²) < 4.78 is 0. The number of nitrogens with one attached hydrogen (secondary N) is 1. The van der Waals surface area contributed by atoms with Crippen LogP contribution in [0, 0.1) is 5.92 Å². The summed E-state index contributed by atoms with van der Waals surface area (Å²) in [6.45, 7) is 4.64. The molecule has 3 nitrogen and oxygen atoms in total. The first kappa shape index (κ1) is 9.96. The Labute approximate surface area is 74.8 Å². The molecule has 0 aromatic carbocycles. The maximum absolute atomic E-state index is 8.73. The molecule has 0 aromatic heterocycles. The number of hydrogen-bond donors (Lipinski definition) is 2. The lowest BCUT2D eigenvalue weighted by atomic mass is 10.1. The van der Waals surface area contributed by atoms with Gasteiger partial charge in [0.25, 0.3) is 0 Å². The van der Waals surface area contributed by atoms with Crippen molar-refractivity contribution in [1.29, 1.82) is 0 Å². The van der Waals surface area contributed by atoms with Gasteiger partial charge in [0.05, 0.1) is 6.61 Å². The van der Waals surface area contributed by atoms with Crippen LogP contribution in [0.5, 0.6) is 0 Å². The molecule has 1 saturated heterocycles. The van der Waals surface area contributed by atoms with Crippen LogP contribution in [0.3, 0.4) is 0 Å². The fourth-order valence-corrected chi connectivity index (χ4v) is 1.84. The zero-order chi connectivity index (χ0) is 8.81. The molecule has 0 radical (unpaired) electrons. The Bertz CT molecular complexity index is 119. The van der Waals surface area contributed by atoms with Gasteiger partial charge >= 0.3 is 0 Å². The summed E-state index contributed by atoms with van der Waals surface area (Å²) in [6, 6.07) is 0. The number of β-amino-alcohol motifs (C(OH)–C–C–N with tert-alkyl or cyclic N) is 1. The summed E-state index contributed by atoms with van der Waals surface area (Å²) in [5, 5.41) is 11.9. The van der Waals surface area contributed by atoms with E-state index >= 15 is 0 Å². The lowest BCUT2D eigenvalue weighted by Gasteiger charge is -2.13. The first-order chi connectivity index (χ1) is 5.86. The van der Waals surface area contributed by atoms with Crippen LogP contribution in [0.15, 0.2) is 0 Å². The van der Waals surface area contributed by atoms with Gasteiger partial charge in [-0.2, -0.15) is 0 Å². The highest BCUT2D eigenvalue weighted by molar-refractivity contribution is 4.75. The minimum atomic E-state index is 0.304. The molecule has 1 unspecified atom stereocenters. The average Bonchev–Trinajstić information content (AvgIpc) is 2.50. The molecular weight excluding hydrogens is 152 g/mol. The van der Waals surface area contributed by atoms with Gasteiger partial charge in [0.1, 0.15) is 0 Å². The molecule has 1 aliphatic rings. The van der Waals surface area contributed by atoms with E-state index < -0.39 is 0 Å². The average molecular weight is 172 g/mol. The van der Waals surface area contributed by atoms with Gasteiger partial charge in [-0.05, 0) is 38.9 Å². The maximum atomic E-state index is 8.73. The van der Waals surface area contributed by atoms with Gasteiger partial charge in [-0.25, -0.2) is 0 Å². The quantitative estimate of drug-likeness (QED) is 0.608. The van der Waals surface area contributed by atoms with Crippen LogP contribution in [0.25, 0.3) is 0 Å². The Balaban J connectivity index is 2.08. The molecule has 0 aliphatic carbocycles. The number of nitrogens with zero attached hydrogens (tertiary/aromatic N) is 1. The highest BCUT2D eigenvalue weighted by Crippen LogP contribution is 2.18. The zero-order valence-corrected chi connectivity index (χ0v) is 7.92. The van der Waals surface area contributed by atoms with Gasteiger partial charge in [-0.1, -0.05) is 0 Å².